The van der Waals surface area contributed by atoms with Crippen molar-refractivity contribution in [3.05, 3.63) is 16.1 Å². The molecule has 1 N–H and O–H groups in total. The van der Waals surface area contributed by atoms with Gasteiger partial charge in [0.25, 0.3) is 0 Å². The first-order chi connectivity index (χ1) is 9.02. The van der Waals surface area contributed by atoms with Crippen LogP contribution in [0.3, 0.4) is 0 Å². The van der Waals surface area contributed by atoms with E-state index in [0.29, 0.717) is 5.92 Å². The van der Waals surface area contributed by atoms with Gasteiger partial charge in [0, 0.05) is 25.5 Å². The van der Waals surface area contributed by atoms with Gasteiger partial charge in [-0.3, -0.25) is 4.99 Å². The van der Waals surface area contributed by atoms with Gasteiger partial charge in [0.15, 0.2) is 5.96 Å². The summed E-state index contributed by atoms with van der Waals surface area (Å²) in [5, 5.41) is 6.57. The highest BCUT2D eigenvalue weighted by Gasteiger charge is 2.08. The van der Waals surface area contributed by atoms with Crippen LogP contribution in [0, 0.1) is 12.8 Å². The van der Waals surface area contributed by atoms with E-state index < -0.39 is 0 Å². The number of aromatic nitrogens is 1. The molecule has 0 aliphatic rings. The molecule has 0 spiro atoms. The van der Waals surface area contributed by atoms with Crippen molar-refractivity contribution in [1.82, 2.24) is 15.2 Å². The fourth-order valence-electron chi connectivity index (χ4n) is 1.70. The van der Waals surface area contributed by atoms with E-state index in [2.05, 4.69) is 53.4 Å². The largest absolute Gasteiger partial charge is 0.357 e. The van der Waals surface area contributed by atoms with Gasteiger partial charge in [0.05, 0.1) is 17.2 Å². The van der Waals surface area contributed by atoms with Crippen molar-refractivity contribution in [3.8, 4) is 0 Å². The summed E-state index contributed by atoms with van der Waals surface area (Å²) < 4.78 is 0. The molecule has 0 aliphatic heterocycles. The lowest BCUT2D eigenvalue weighted by Crippen LogP contribution is -2.38. The Morgan fingerprint density at radius 2 is 2.26 bits per heavy atom. The van der Waals surface area contributed by atoms with Gasteiger partial charge in [-0.1, -0.05) is 13.8 Å². The smallest absolute Gasteiger partial charge is 0.194 e. The van der Waals surface area contributed by atoms with Crippen LogP contribution in [0.25, 0.3) is 0 Å². The monoisotopic (exact) mass is 282 g/mol. The van der Waals surface area contributed by atoms with Crippen LogP contribution in [0.1, 0.15) is 37.9 Å². The number of guanidine groups is 1. The summed E-state index contributed by atoms with van der Waals surface area (Å²) in [5.74, 6) is 1.66. The number of nitrogens with one attached hydrogen (secondary N) is 1. The second-order valence-corrected chi connectivity index (χ2v) is 6.19. The fraction of sp³-hybridized carbons (Fsp3) is 0.714. The predicted molar refractivity (Wildman–Crippen MR) is 83.8 cm³/mol. The zero-order chi connectivity index (χ0) is 14.3. The minimum Gasteiger partial charge on any atom is -0.357 e. The quantitative estimate of drug-likeness (QED) is 0.644. The molecule has 0 aliphatic carbocycles. The van der Waals surface area contributed by atoms with Crippen molar-refractivity contribution in [3.63, 3.8) is 0 Å². The highest BCUT2D eigenvalue weighted by molar-refractivity contribution is 7.09. The molecule has 0 unspecified atom stereocenters. The normalized spacial score (nSPS) is 12.0. The topological polar surface area (TPSA) is 40.5 Å². The molecule has 0 saturated carbocycles. The Morgan fingerprint density at radius 1 is 1.53 bits per heavy atom. The van der Waals surface area contributed by atoms with Gasteiger partial charge in [-0.25, -0.2) is 4.98 Å². The molecule has 0 aromatic carbocycles. The summed E-state index contributed by atoms with van der Waals surface area (Å²) in [5.41, 5.74) is 1.11. The third-order valence-electron chi connectivity index (χ3n) is 2.73. The number of thiazole rings is 1. The molecule has 0 saturated heterocycles. The first kappa shape index (κ1) is 16.0. The van der Waals surface area contributed by atoms with Crippen molar-refractivity contribution in [1.29, 1.82) is 0 Å². The van der Waals surface area contributed by atoms with E-state index in [1.807, 2.05) is 6.92 Å². The van der Waals surface area contributed by atoms with E-state index in [0.717, 1.165) is 42.7 Å². The number of aryl methyl sites for hydroxylation is 1. The Bertz CT molecular complexity index is 398. The maximum Gasteiger partial charge on any atom is 0.194 e. The van der Waals surface area contributed by atoms with Gasteiger partial charge in [-0.2, -0.15) is 0 Å². The second kappa shape index (κ2) is 8.15. The number of hydrogen-bond donors (Lipinski definition) is 1. The van der Waals surface area contributed by atoms with Crippen LogP contribution in [0.4, 0.5) is 0 Å². The van der Waals surface area contributed by atoms with E-state index >= 15 is 0 Å². The molecular weight excluding hydrogens is 256 g/mol. The summed E-state index contributed by atoms with van der Waals surface area (Å²) in [6.07, 6.45) is 1.12. The Balaban J connectivity index is 2.58. The molecule has 1 heterocycles. The van der Waals surface area contributed by atoms with E-state index in [4.69, 9.17) is 0 Å². The highest BCUT2D eigenvalue weighted by atomic mass is 32.1. The van der Waals surface area contributed by atoms with Crippen LogP contribution in [0.15, 0.2) is 10.4 Å². The molecule has 0 bridgehead atoms. The fourth-order valence-corrected chi connectivity index (χ4v) is 2.30. The second-order valence-electron chi connectivity index (χ2n) is 5.13. The molecule has 19 heavy (non-hydrogen) atoms. The summed E-state index contributed by atoms with van der Waals surface area (Å²) >= 11 is 1.70. The Morgan fingerprint density at radius 3 is 2.79 bits per heavy atom. The molecule has 1 aromatic rings. The maximum atomic E-state index is 4.66. The molecule has 0 amide bonds. The summed E-state index contributed by atoms with van der Waals surface area (Å²) in [7, 11) is 2.06. The minimum absolute atomic E-state index is 0.693. The lowest BCUT2D eigenvalue weighted by atomic mass is 10.1. The third-order valence-corrected chi connectivity index (χ3v) is 3.55. The Kier molecular flexibility index (Phi) is 6.84. The number of aliphatic imine (C=N–C) groups is 1. The zero-order valence-corrected chi connectivity index (χ0v) is 13.5. The van der Waals surface area contributed by atoms with Gasteiger partial charge in [-0.05, 0) is 26.2 Å². The first-order valence-corrected chi connectivity index (χ1v) is 7.81. The van der Waals surface area contributed by atoms with Crippen molar-refractivity contribution < 1.29 is 0 Å². The number of rotatable bonds is 6. The van der Waals surface area contributed by atoms with Crippen molar-refractivity contribution in [2.75, 3.05) is 20.1 Å². The van der Waals surface area contributed by atoms with Crippen LogP contribution < -0.4 is 5.32 Å². The molecule has 4 nitrogen and oxygen atoms in total. The molecular formula is C14H26N4S. The summed E-state index contributed by atoms with van der Waals surface area (Å²) in [6, 6.07) is 0. The zero-order valence-electron chi connectivity index (χ0n) is 12.7. The molecule has 0 radical (unpaired) electrons. The molecule has 1 rings (SSSR count). The van der Waals surface area contributed by atoms with Crippen molar-refractivity contribution in [2.45, 2.75) is 40.7 Å². The lowest BCUT2D eigenvalue weighted by molar-refractivity contribution is 0.468. The van der Waals surface area contributed by atoms with Crippen LogP contribution in [0.2, 0.25) is 0 Å². The molecule has 5 heteroatoms. The van der Waals surface area contributed by atoms with Crippen LogP contribution in [0.5, 0.6) is 0 Å². The lowest BCUT2D eigenvalue weighted by Gasteiger charge is -2.21. The van der Waals surface area contributed by atoms with Crippen LogP contribution in [-0.4, -0.2) is 36.0 Å². The van der Waals surface area contributed by atoms with E-state index in [-0.39, 0.29) is 0 Å². The maximum absolute atomic E-state index is 4.66. The van der Waals surface area contributed by atoms with E-state index in [1.54, 1.807) is 11.3 Å². The van der Waals surface area contributed by atoms with Gasteiger partial charge in [0.1, 0.15) is 0 Å². The average Bonchev–Trinajstić information content (AvgIpc) is 2.73. The van der Waals surface area contributed by atoms with Crippen LogP contribution >= 0.6 is 11.3 Å². The number of nitrogens with zero attached hydrogens (tertiary/aromatic N) is 3. The molecule has 0 fully saturated rings. The first-order valence-electron chi connectivity index (χ1n) is 6.93. The van der Waals surface area contributed by atoms with E-state index in [9.17, 15) is 0 Å². The van der Waals surface area contributed by atoms with Gasteiger partial charge in [-0.15, -0.1) is 11.3 Å². The Labute approximate surface area is 121 Å². The third kappa shape index (κ3) is 6.05. The van der Waals surface area contributed by atoms with Gasteiger partial charge >= 0.3 is 0 Å². The highest BCUT2D eigenvalue weighted by Crippen LogP contribution is 2.10. The van der Waals surface area contributed by atoms with Crippen molar-refractivity contribution >= 4 is 17.3 Å². The Hall–Kier alpha value is -1.10. The SMILES string of the molecule is CCNC(=NCCC(C)C)N(C)Cc1csc(C)n1. The van der Waals surface area contributed by atoms with E-state index in [1.165, 1.54) is 0 Å². The van der Waals surface area contributed by atoms with Gasteiger partial charge in [0.2, 0.25) is 0 Å². The predicted octanol–water partition coefficient (Wildman–Crippen LogP) is 2.89. The van der Waals surface area contributed by atoms with Crippen molar-refractivity contribution in [2.24, 2.45) is 10.9 Å². The van der Waals surface area contributed by atoms with Crippen LogP contribution in [-0.2, 0) is 6.54 Å². The standard InChI is InChI=1S/C14H26N4S/c1-6-15-14(16-8-7-11(2)3)18(5)9-13-10-19-12(4)17-13/h10-11H,6-9H2,1-5H3,(H,15,16). The molecule has 108 valence electrons. The van der Waals surface area contributed by atoms with Gasteiger partial charge < -0.3 is 10.2 Å². The number of hydrogen-bond acceptors (Lipinski definition) is 3. The summed E-state index contributed by atoms with van der Waals surface area (Å²) in [6.45, 7) is 11.2. The summed E-state index contributed by atoms with van der Waals surface area (Å²) in [4.78, 5) is 11.3. The molecule has 1 aromatic heterocycles. The average molecular weight is 282 g/mol. The minimum atomic E-state index is 0.693. The molecule has 0 atom stereocenters.